The maximum absolute atomic E-state index is 11.3. The quantitative estimate of drug-likeness (QED) is 0.207. The van der Waals surface area contributed by atoms with Crippen LogP contribution in [0.4, 0.5) is 0 Å². The van der Waals surface area contributed by atoms with E-state index in [1.807, 2.05) is 0 Å². The second-order valence-corrected chi connectivity index (χ2v) is 3.31. The van der Waals surface area contributed by atoms with Crippen LogP contribution >= 0.6 is 0 Å². The fraction of sp³-hybridized carbons (Fsp3) is 0.545. The zero-order chi connectivity index (χ0) is 13.1. The van der Waals surface area contributed by atoms with Crippen molar-refractivity contribution < 1.29 is 14.4 Å². The highest BCUT2D eigenvalue weighted by Crippen LogP contribution is 2.03. The smallest absolute Gasteiger partial charge is 0.246 e. The van der Waals surface area contributed by atoms with Crippen LogP contribution in [-0.2, 0) is 14.4 Å². The predicted molar refractivity (Wildman–Crippen MR) is 65.9 cm³/mol. The molecule has 0 bridgehead atoms. The van der Waals surface area contributed by atoms with E-state index in [0.29, 0.717) is 25.2 Å². The lowest BCUT2D eigenvalue weighted by molar-refractivity contribution is -0.115. The van der Waals surface area contributed by atoms with Crippen molar-refractivity contribution in [1.29, 1.82) is 0 Å². The van der Waals surface area contributed by atoms with Crippen molar-refractivity contribution in [2.75, 3.05) is 26.9 Å². The Labute approximate surface area is 102 Å². The van der Waals surface area contributed by atoms with E-state index in [9.17, 15) is 4.79 Å². The Morgan fingerprint density at radius 1 is 1.59 bits per heavy atom. The number of rotatable bonds is 10. The Morgan fingerprint density at radius 3 is 2.76 bits per heavy atom. The molecular formula is C11H21N3O3. The molecule has 1 atom stereocenters. The third kappa shape index (κ3) is 6.85. The minimum absolute atomic E-state index is 0.207. The van der Waals surface area contributed by atoms with Crippen molar-refractivity contribution in [3.05, 3.63) is 24.3 Å². The maximum atomic E-state index is 11.3. The zero-order valence-electron chi connectivity index (χ0n) is 10.1. The summed E-state index contributed by atoms with van der Waals surface area (Å²) >= 11 is 0. The van der Waals surface area contributed by atoms with Crippen LogP contribution in [0.1, 0.15) is 6.42 Å². The number of hydroxylamine groups is 1. The summed E-state index contributed by atoms with van der Waals surface area (Å²) in [5, 5.41) is 0. The van der Waals surface area contributed by atoms with Gasteiger partial charge in [-0.15, -0.1) is 6.58 Å². The molecule has 0 aromatic carbocycles. The first-order chi connectivity index (χ1) is 8.17. The first kappa shape index (κ1) is 15.8. The lowest BCUT2D eigenvalue weighted by Gasteiger charge is -2.17. The highest BCUT2D eigenvalue weighted by molar-refractivity contribution is 5.93. The molecule has 5 N–H and O–H groups in total. The summed E-state index contributed by atoms with van der Waals surface area (Å²) < 4.78 is 4.89. The molecular weight excluding hydrogens is 222 g/mol. The Hall–Kier alpha value is -1.21. The summed E-state index contributed by atoms with van der Waals surface area (Å²) in [7, 11) is 1.59. The SMILES string of the molecule is C=CCON[C@@H](CN)/C(=C\CCOC)C(N)=O. The number of nitrogens with two attached hydrogens (primary N) is 2. The first-order valence-electron chi connectivity index (χ1n) is 5.34. The molecule has 0 unspecified atom stereocenters. The zero-order valence-corrected chi connectivity index (χ0v) is 10.1. The second kappa shape index (κ2) is 9.98. The summed E-state index contributed by atoms with van der Waals surface area (Å²) in [5.41, 5.74) is 13.9. The monoisotopic (exact) mass is 243 g/mol. The van der Waals surface area contributed by atoms with Crippen LogP contribution in [0.15, 0.2) is 24.3 Å². The Morgan fingerprint density at radius 2 is 2.29 bits per heavy atom. The largest absolute Gasteiger partial charge is 0.384 e. The molecule has 0 rings (SSSR count). The third-order valence-electron chi connectivity index (χ3n) is 2.01. The molecule has 0 aliphatic heterocycles. The maximum Gasteiger partial charge on any atom is 0.246 e. The van der Waals surface area contributed by atoms with Gasteiger partial charge in [-0.05, 0) is 6.42 Å². The summed E-state index contributed by atoms with van der Waals surface area (Å²) in [5.74, 6) is -0.522. The van der Waals surface area contributed by atoms with Gasteiger partial charge in [0.25, 0.3) is 0 Å². The van der Waals surface area contributed by atoms with E-state index in [1.165, 1.54) is 0 Å². The summed E-state index contributed by atoms with van der Waals surface area (Å²) in [6, 6.07) is -0.427. The van der Waals surface area contributed by atoms with Gasteiger partial charge in [-0.25, -0.2) is 0 Å². The van der Waals surface area contributed by atoms with Gasteiger partial charge >= 0.3 is 0 Å². The van der Waals surface area contributed by atoms with Crippen LogP contribution in [0.5, 0.6) is 0 Å². The fourth-order valence-electron chi connectivity index (χ4n) is 1.19. The van der Waals surface area contributed by atoms with Crippen molar-refractivity contribution in [3.63, 3.8) is 0 Å². The molecule has 98 valence electrons. The number of ether oxygens (including phenoxy) is 1. The number of amides is 1. The van der Waals surface area contributed by atoms with Crippen LogP contribution < -0.4 is 16.9 Å². The fourth-order valence-corrected chi connectivity index (χ4v) is 1.19. The van der Waals surface area contributed by atoms with E-state index < -0.39 is 11.9 Å². The average molecular weight is 243 g/mol. The molecule has 0 saturated heterocycles. The highest BCUT2D eigenvalue weighted by atomic mass is 16.6. The minimum Gasteiger partial charge on any atom is -0.384 e. The lowest BCUT2D eigenvalue weighted by atomic mass is 10.1. The van der Waals surface area contributed by atoms with Crippen LogP contribution in [-0.4, -0.2) is 38.8 Å². The molecule has 17 heavy (non-hydrogen) atoms. The number of hydrogen-bond donors (Lipinski definition) is 3. The van der Waals surface area contributed by atoms with Gasteiger partial charge in [0.05, 0.1) is 12.6 Å². The second-order valence-electron chi connectivity index (χ2n) is 3.31. The number of carbonyl (C=O) groups is 1. The van der Waals surface area contributed by atoms with Crippen LogP contribution in [0, 0.1) is 0 Å². The molecule has 6 nitrogen and oxygen atoms in total. The molecule has 0 aromatic rings. The number of nitrogens with one attached hydrogen (secondary N) is 1. The van der Waals surface area contributed by atoms with Crippen molar-refractivity contribution in [2.45, 2.75) is 12.5 Å². The van der Waals surface area contributed by atoms with Gasteiger partial charge < -0.3 is 16.2 Å². The van der Waals surface area contributed by atoms with Gasteiger partial charge in [-0.1, -0.05) is 12.2 Å². The van der Waals surface area contributed by atoms with Gasteiger partial charge in [-0.2, -0.15) is 5.48 Å². The van der Waals surface area contributed by atoms with Gasteiger partial charge in [0, 0.05) is 25.8 Å². The van der Waals surface area contributed by atoms with Crippen molar-refractivity contribution in [2.24, 2.45) is 11.5 Å². The molecule has 6 heteroatoms. The van der Waals surface area contributed by atoms with Crippen LogP contribution in [0.3, 0.4) is 0 Å². The Bertz CT molecular complexity index is 267. The minimum atomic E-state index is -0.522. The van der Waals surface area contributed by atoms with Gasteiger partial charge in [0.2, 0.25) is 5.91 Å². The summed E-state index contributed by atoms with van der Waals surface area (Å²) in [6.45, 7) is 4.55. The summed E-state index contributed by atoms with van der Waals surface area (Å²) in [6.07, 6.45) is 3.88. The van der Waals surface area contributed by atoms with Crippen molar-refractivity contribution >= 4 is 5.91 Å². The molecule has 0 saturated carbocycles. The van der Waals surface area contributed by atoms with Gasteiger partial charge in [-0.3, -0.25) is 9.63 Å². The number of primary amides is 1. The molecule has 0 radical (unpaired) electrons. The van der Waals surface area contributed by atoms with Crippen molar-refractivity contribution in [3.8, 4) is 0 Å². The number of methoxy groups -OCH3 is 1. The molecule has 0 fully saturated rings. The molecule has 1 amide bonds. The molecule has 0 heterocycles. The lowest BCUT2D eigenvalue weighted by Crippen LogP contribution is -2.41. The standard InChI is InChI=1S/C11H21N3O3/c1-3-6-17-14-10(8-12)9(11(13)15)5-4-7-16-2/h3,5,10,14H,1,4,6-8,12H2,2H3,(H2,13,15)/b9-5+/t10-/m0/s1. The van der Waals surface area contributed by atoms with E-state index in [-0.39, 0.29) is 6.54 Å². The number of hydrogen-bond acceptors (Lipinski definition) is 5. The predicted octanol–water partition coefficient (Wildman–Crippen LogP) is -0.531. The van der Waals surface area contributed by atoms with Crippen LogP contribution in [0.25, 0.3) is 0 Å². The van der Waals surface area contributed by atoms with E-state index >= 15 is 0 Å². The Kier molecular flexibility index (Phi) is 9.27. The average Bonchev–Trinajstić information content (AvgIpc) is 2.31. The van der Waals surface area contributed by atoms with Crippen LogP contribution in [0.2, 0.25) is 0 Å². The normalized spacial score (nSPS) is 13.4. The molecule has 0 aromatic heterocycles. The molecule has 0 spiro atoms. The van der Waals surface area contributed by atoms with Crippen molar-refractivity contribution in [1.82, 2.24) is 5.48 Å². The van der Waals surface area contributed by atoms with E-state index in [4.69, 9.17) is 21.0 Å². The van der Waals surface area contributed by atoms with E-state index in [2.05, 4.69) is 12.1 Å². The number of carbonyl (C=O) groups excluding carboxylic acids is 1. The van der Waals surface area contributed by atoms with E-state index in [0.717, 1.165) is 0 Å². The molecule has 0 aliphatic carbocycles. The summed E-state index contributed by atoms with van der Waals surface area (Å²) in [4.78, 5) is 16.3. The van der Waals surface area contributed by atoms with Gasteiger partial charge in [0.15, 0.2) is 0 Å². The topological polar surface area (TPSA) is 99.6 Å². The Balaban J connectivity index is 4.45. The van der Waals surface area contributed by atoms with E-state index in [1.54, 1.807) is 19.3 Å². The highest BCUT2D eigenvalue weighted by Gasteiger charge is 2.17. The molecule has 0 aliphatic rings. The van der Waals surface area contributed by atoms with Gasteiger partial charge in [0.1, 0.15) is 0 Å². The first-order valence-corrected chi connectivity index (χ1v) is 5.34. The third-order valence-corrected chi connectivity index (χ3v) is 2.01.